The smallest absolute Gasteiger partial charge is 0.137 e. The van der Waals surface area contributed by atoms with Gasteiger partial charge in [-0.3, -0.25) is 0 Å². The van der Waals surface area contributed by atoms with Crippen LogP contribution in [-0.2, 0) is 11.2 Å². The average molecular weight is 184 g/mol. The molecule has 0 heterocycles. The summed E-state index contributed by atoms with van der Waals surface area (Å²) in [6, 6.07) is 6.89. The van der Waals surface area contributed by atoms with E-state index in [9.17, 15) is 4.79 Å². The van der Waals surface area contributed by atoms with Crippen molar-refractivity contribution in [1.29, 1.82) is 0 Å². The maximum Gasteiger partial charge on any atom is 0.137 e. The Kier molecular flexibility index (Phi) is 3.26. The van der Waals surface area contributed by atoms with Gasteiger partial charge in [0.1, 0.15) is 6.29 Å². The van der Waals surface area contributed by atoms with Gasteiger partial charge < -0.3 is 10.5 Å². The Balaban J connectivity index is 2.64. The monoisotopic (exact) mass is 183 g/mol. The van der Waals surface area contributed by atoms with E-state index in [0.717, 1.165) is 11.8 Å². The third-order valence-corrected chi connectivity index (χ3v) is 1.81. The minimum absolute atomic E-state index is 0.411. The van der Waals surface area contributed by atoms with Gasteiger partial charge in [0.05, 0.1) is 6.04 Å². The van der Waals surface area contributed by atoms with Crippen molar-refractivity contribution in [1.82, 2.24) is 0 Å². The van der Waals surface area contributed by atoms with Crippen molar-refractivity contribution in [3.63, 3.8) is 0 Å². The largest absolute Gasteiger partial charge is 0.321 e. The van der Waals surface area contributed by atoms with Gasteiger partial charge in [0.25, 0.3) is 0 Å². The van der Waals surface area contributed by atoms with E-state index < -0.39 is 6.04 Å². The zero-order chi connectivity index (χ0) is 8.97. The Morgan fingerprint density at radius 1 is 1.42 bits per heavy atom. The third kappa shape index (κ3) is 2.64. The molecule has 2 N–H and O–H groups in total. The summed E-state index contributed by atoms with van der Waals surface area (Å²) in [6.45, 7) is 0. The molecule has 1 aromatic carbocycles. The summed E-state index contributed by atoms with van der Waals surface area (Å²) >= 11 is 5.68. The first kappa shape index (κ1) is 9.23. The summed E-state index contributed by atoms with van der Waals surface area (Å²) in [5, 5.41) is 0.693. The molecule has 3 heteroatoms. The van der Waals surface area contributed by atoms with Crippen molar-refractivity contribution in [2.24, 2.45) is 5.73 Å². The van der Waals surface area contributed by atoms with Crippen LogP contribution in [0.25, 0.3) is 0 Å². The van der Waals surface area contributed by atoms with E-state index >= 15 is 0 Å². The molecule has 0 aliphatic carbocycles. The van der Waals surface area contributed by atoms with Gasteiger partial charge in [0.15, 0.2) is 0 Å². The number of hydrogen-bond acceptors (Lipinski definition) is 2. The number of benzene rings is 1. The van der Waals surface area contributed by atoms with E-state index in [1.54, 1.807) is 12.1 Å². The van der Waals surface area contributed by atoms with Crippen molar-refractivity contribution < 1.29 is 4.79 Å². The lowest BCUT2D eigenvalue weighted by atomic mass is 10.1. The molecule has 1 aromatic rings. The van der Waals surface area contributed by atoms with Crippen LogP contribution in [0.1, 0.15) is 5.56 Å². The maximum atomic E-state index is 10.2. The number of carbonyl (C=O) groups is 1. The van der Waals surface area contributed by atoms with Crippen LogP contribution in [-0.4, -0.2) is 12.3 Å². The highest BCUT2D eigenvalue weighted by Crippen LogP contribution is 2.10. The molecule has 0 unspecified atom stereocenters. The number of rotatable bonds is 3. The SMILES string of the molecule is N[C@H](C=O)Cc1ccc(Cl)cc1. The predicted molar refractivity (Wildman–Crippen MR) is 49.2 cm³/mol. The molecule has 0 radical (unpaired) electrons. The molecule has 1 atom stereocenters. The zero-order valence-corrected chi connectivity index (χ0v) is 7.29. The molecule has 0 bridgehead atoms. The molecular weight excluding hydrogens is 174 g/mol. The van der Waals surface area contributed by atoms with E-state index in [2.05, 4.69) is 0 Å². The second-order valence-electron chi connectivity index (χ2n) is 2.63. The van der Waals surface area contributed by atoms with Crippen LogP contribution in [0.5, 0.6) is 0 Å². The van der Waals surface area contributed by atoms with Gasteiger partial charge in [-0.15, -0.1) is 0 Å². The molecule has 64 valence electrons. The topological polar surface area (TPSA) is 43.1 Å². The molecule has 0 aromatic heterocycles. The molecule has 0 spiro atoms. The summed E-state index contributed by atoms with van der Waals surface area (Å²) in [5.74, 6) is 0. The zero-order valence-electron chi connectivity index (χ0n) is 6.53. The van der Waals surface area contributed by atoms with Crippen LogP contribution in [0.3, 0.4) is 0 Å². The Morgan fingerprint density at radius 3 is 2.50 bits per heavy atom. The summed E-state index contributed by atoms with van der Waals surface area (Å²) in [4.78, 5) is 10.2. The van der Waals surface area contributed by atoms with E-state index in [1.807, 2.05) is 12.1 Å². The third-order valence-electron chi connectivity index (χ3n) is 1.56. The van der Waals surface area contributed by atoms with Crippen molar-refractivity contribution in [2.45, 2.75) is 12.5 Å². The lowest BCUT2D eigenvalue weighted by Gasteiger charge is -2.02. The quantitative estimate of drug-likeness (QED) is 0.721. The fourth-order valence-corrected chi connectivity index (χ4v) is 1.07. The minimum Gasteiger partial charge on any atom is -0.321 e. The summed E-state index contributed by atoms with van der Waals surface area (Å²) < 4.78 is 0. The number of halogens is 1. The van der Waals surface area contributed by atoms with Crippen molar-refractivity contribution in [3.05, 3.63) is 34.9 Å². The average Bonchev–Trinajstić information content (AvgIpc) is 2.09. The Morgan fingerprint density at radius 2 is 2.00 bits per heavy atom. The normalized spacial score (nSPS) is 12.5. The molecule has 0 amide bonds. The summed E-state index contributed by atoms with van der Waals surface area (Å²) in [5.41, 5.74) is 6.47. The second kappa shape index (κ2) is 4.24. The number of nitrogens with two attached hydrogens (primary N) is 1. The molecule has 12 heavy (non-hydrogen) atoms. The van der Waals surface area contributed by atoms with Crippen LogP contribution in [0.4, 0.5) is 0 Å². The highest BCUT2D eigenvalue weighted by atomic mass is 35.5. The van der Waals surface area contributed by atoms with Crippen LogP contribution in [0.2, 0.25) is 5.02 Å². The maximum absolute atomic E-state index is 10.2. The Bertz CT molecular complexity index is 258. The molecule has 0 fully saturated rings. The van der Waals surface area contributed by atoms with Gasteiger partial charge in [-0.05, 0) is 24.1 Å². The van der Waals surface area contributed by atoms with Crippen LogP contribution >= 0.6 is 11.6 Å². The number of carbonyl (C=O) groups excluding carboxylic acids is 1. The van der Waals surface area contributed by atoms with Crippen LogP contribution < -0.4 is 5.73 Å². The Hall–Kier alpha value is -0.860. The van der Waals surface area contributed by atoms with Gasteiger partial charge in [-0.2, -0.15) is 0 Å². The summed E-state index contributed by atoms with van der Waals surface area (Å²) in [6.07, 6.45) is 1.31. The fraction of sp³-hybridized carbons (Fsp3) is 0.222. The number of hydrogen-bond donors (Lipinski definition) is 1. The van der Waals surface area contributed by atoms with Crippen LogP contribution in [0.15, 0.2) is 24.3 Å². The molecule has 0 saturated carbocycles. The summed E-state index contributed by atoms with van der Waals surface area (Å²) in [7, 11) is 0. The van der Waals surface area contributed by atoms with Crippen molar-refractivity contribution >= 4 is 17.9 Å². The highest BCUT2D eigenvalue weighted by Gasteiger charge is 2.00. The minimum atomic E-state index is -0.411. The first-order chi connectivity index (χ1) is 5.72. The molecule has 0 aliphatic heterocycles. The lowest BCUT2D eigenvalue weighted by Crippen LogP contribution is -2.23. The predicted octanol–water partition coefficient (Wildman–Crippen LogP) is 1.41. The molecule has 0 saturated heterocycles. The van der Waals surface area contributed by atoms with E-state index in [0.29, 0.717) is 11.4 Å². The first-order valence-corrected chi connectivity index (χ1v) is 4.05. The van der Waals surface area contributed by atoms with E-state index in [1.165, 1.54) is 0 Å². The lowest BCUT2D eigenvalue weighted by molar-refractivity contribution is -0.108. The van der Waals surface area contributed by atoms with Crippen molar-refractivity contribution in [2.75, 3.05) is 0 Å². The standard InChI is InChI=1S/C9H10ClNO/c10-8-3-1-7(2-4-8)5-9(11)6-12/h1-4,6,9H,5,11H2/t9-/m0/s1. The molecule has 0 aliphatic rings. The van der Waals surface area contributed by atoms with Gasteiger partial charge in [0.2, 0.25) is 0 Å². The first-order valence-electron chi connectivity index (χ1n) is 3.67. The second-order valence-corrected chi connectivity index (χ2v) is 3.07. The van der Waals surface area contributed by atoms with Gasteiger partial charge in [-0.25, -0.2) is 0 Å². The van der Waals surface area contributed by atoms with E-state index in [4.69, 9.17) is 17.3 Å². The van der Waals surface area contributed by atoms with Gasteiger partial charge >= 0.3 is 0 Å². The molecule has 2 nitrogen and oxygen atoms in total. The molecular formula is C9H10ClNO. The number of aldehydes is 1. The van der Waals surface area contributed by atoms with Crippen molar-refractivity contribution in [3.8, 4) is 0 Å². The van der Waals surface area contributed by atoms with Gasteiger partial charge in [0, 0.05) is 5.02 Å². The highest BCUT2D eigenvalue weighted by molar-refractivity contribution is 6.30. The van der Waals surface area contributed by atoms with E-state index in [-0.39, 0.29) is 0 Å². The fourth-order valence-electron chi connectivity index (χ4n) is 0.941. The molecule has 1 rings (SSSR count). The van der Waals surface area contributed by atoms with Crippen LogP contribution in [0, 0.1) is 0 Å². The Labute approximate surface area is 76.3 Å². The van der Waals surface area contributed by atoms with Gasteiger partial charge in [-0.1, -0.05) is 23.7 Å².